The van der Waals surface area contributed by atoms with Crippen molar-refractivity contribution in [3.8, 4) is 11.1 Å². The van der Waals surface area contributed by atoms with E-state index >= 15 is 0 Å². The average molecular weight is 383 g/mol. The molecule has 2 heteroatoms. The van der Waals surface area contributed by atoms with E-state index in [0.717, 1.165) is 5.02 Å². The van der Waals surface area contributed by atoms with Gasteiger partial charge in [0.2, 0.25) is 0 Å². The average Bonchev–Trinajstić information content (AvgIpc) is 2.99. The Morgan fingerprint density at radius 1 is 0.593 bits per heavy atom. The molecule has 0 atom stereocenters. The standard InChI is InChI=1S/C25H19ClSi/c1-18-15-19(26)17-21(16-18)27(20-9-3-2-4-10-20)24-13-7-5-11-22(24)23-12-6-8-14-25(23)27/h2-17H,1H3. The van der Waals surface area contributed by atoms with E-state index in [1.807, 2.05) is 6.07 Å². The Hall–Kier alpha value is -2.61. The first-order chi connectivity index (χ1) is 13.2. The molecule has 27 heavy (non-hydrogen) atoms. The van der Waals surface area contributed by atoms with Crippen LogP contribution in [0.4, 0.5) is 0 Å². The first-order valence-corrected chi connectivity index (χ1v) is 11.6. The van der Waals surface area contributed by atoms with Gasteiger partial charge in [0.25, 0.3) is 0 Å². The van der Waals surface area contributed by atoms with Crippen LogP contribution in [0.25, 0.3) is 11.1 Å². The summed E-state index contributed by atoms with van der Waals surface area (Å²) in [6.07, 6.45) is 0. The normalized spacial score (nSPS) is 13.9. The van der Waals surface area contributed by atoms with Crippen molar-refractivity contribution in [2.75, 3.05) is 0 Å². The highest BCUT2D eigenvalue weighted by atomic mass is 35.5. The van der Waals surface area contributed by atoms with Gasteiger partial charge in [-0.15, -0.1) is 0 Å². The van der Waals surface area contributed by atoms with Gasteiger partial charge in [0.15, 0.2) is 8.07 Å². The van der Waals surface area contributed by atoms with Gasteiger partial charge in [0, 0.05) is 5.02 Å². The topological polar surface area (TPSA) is 0 Å². The number of halogens is 1. The molecule has 0 spiro atoms. The molecular formula is C25H19ClSi. The molecule has 0 fully saturated rings. The molecule has 5 rings (SSSR count). The van der Waals surface area contributed by atoms with Crippen molar-refractivity contribution in [2.24, 2.45) is 0 Å². The molecule has 0 saturated carbocycles. The Balaban J connectivity index is 1.99. The summed E-state index contributed by atoms with van der Waals surface area (Å²) in [7, 11) is -2.37. The maximum absolute atomic E-state index is 6.55. The third-order valence-electron chi connectivity index (χ3n) is 5.63. The van der Waals surface area contributed by atoms with Crippen LogP contribution in [0.15, 0.2) is 97.1 Å². The van der Waals surface area contributed by atoms with Crippen LogP contribution in [0, 0.1) is 6.92 Å². The molecule has 0 radical (unpaired) electrons. The summed E-state index contributed by atoms with van der Waals surface area (Å²) in [6, 6.07) is 35.4. The molecule has 0 aromatic heterocycles. The Kier molecular flexibility index (Phi) is 3.82. The van der Waals surface area contributed by atoms with E-state index in [-0.39, 0.29) is 0 Å². The van der Waals surface area contributed by atoms with Crippen molar-refractivity contribution in [1.82, 2.24) is 0 Å². The summed E-state index contributed by atoms with van der Waals surface area (Å²) in [5.41, 5.74) is 3.93. The summed E-state index contributed by atoms with van der Waals surface area (Å²) in [5, 5.41) is 6.49. The van der Waals surface area contributed by atoms with Crippen molar-refractivity contribution < 1.29 is 0 Å². The quantitative estimate of drug-likeness (QED) is 0.405. The summed E-state index contributed by atoms with van der Waals surface area (Å²) in [6.45, 7) is 2.13. The molecule has 0 unspecified atom stereocenters. The van der Waals surface area contributed by atoms with Gasteiger partial charge < -0.3 is 0 Å². The number of hydrogen-bond acceptors (Lipinski definition) is 0. The van der Waals surface area contributed by atoms with E-state index in [1.54, 1.807) is 0 Å². The van der Waals surface area contributed by atoms with Crippen LogP contribution >= 0.6 is 11.6 Å². The van der Waals surface area contributed by atoms with E-state index in [0.29, 0.717) is 0 Å². The minimum absolute atomic E-state index is 0.815. The van der Waals surface area contributed by atoms with Gasteiger partial charge in [-0.25, -0.2) is 0 Å². The minimum atomic E-state index is -2.37. The van der Waals surface area contributed by atoms with Crippen LogP contribution in [0.2, 0.25) is 5.02 Å². The van der Waals surface area contributed by atoms with Crippen LogP contribution in [0.3, 0.4) is 0 Å². The second kappa shape index (κ2) is 6.23. The first kappa shape index (κ1) is 16.6. The Labute approximate surface area is 166 Å². The van der Waals surface area contributed by atoms with Crippen molar-refractivity contribution in [3.63, 3.8) is 0 Å². The highest BCUT2D eigenvalue weighted by Crippen LogP contribution is 2.28. The van der Waals surface area contributed by atoms with Gasteiger partial charge in [-0.05, 0) is 56.5 Å². The smallest absolute Gasteiger partial charge is 0.0843 e. The van der Waals surface area contributed by atoms with E-state index in [1.165, 1.54) is 37.4 Å². The van der Waals surface area contributed by atoms with Gasteiger partial charge in [-0.2, -0.15) is 0 Å². The summed E-state index contributed by atoms with van der Waals surface area (Å²) in [5.74, 6) is 0. The second-order valence-corrected chi connectivity index (χ2v) is 11.4. The summed E-state index contributed by atoms with van der Waals surface area (Å²) < 4.78 is 0. The monoisotopic (exact) mass is 382 g/mol. The zero-order chi connectivity index (χ0) is 18.4. The molecule has 0 nitrogen and oxygen atoms in total. The number of aryl methyl sites for hydroxylation is 1. The third-order valence-corrected chi connectivity index (χ3v) is 10.7. The lowest BCUT2D eigenvalue weighted by Gasteiger charge is -2.31. The fourth-order valence-electron chi connectivity index (χ4n) is 4.66. The van der Waals surface area contributed by atoms with Crippen LogP contribution in [0.1, 0.15) is 5.56 Å². The van der Waals surface area contributed by atoms with Crippen LogP contribution in [-0.4, -0.2) is 8.07 Å². The number of hydrogen-bond donors (Lipinski definition) is 0. The lowest BCUT2D eigenvalue weighted by molar-refractivity contribution is 1.49. The van der Waals surface area contributed by atoms with Crippen LogP contribution < -0.4 is 20.7 Å². The lowest BCUT2D eigenvalue weighted by atomic mass is 10.1. The predicted octanol–water partition coefficient (Wildman–Crippen LogP) is 4.01. The number of benzene rings is 4. The van der Waals surface area contributed by atoms with Gasteiger partial charge >= 0.3 is 0 Å². The summed E-state index contributed by atoms with van der Waals surface area (Å²) in [4.78, 5) is 0. The predicted molar refractivity (Wildman–Crippen MR) is 119 cm³/mol. The molecule has 0 bridgehead atoms. The minimum Gasteiger partial charge on any atom is -0.0843 e. The Morgan fingerprint density at radius 3 is 1.74 bits per heavy atom. The molecule has 0 amide bonds. The van der Waals surface area contributed by atoms with Crippen molar-refractivity contribution in [1.29, 1.82) is 0 Å². The Bertz CT molecular complexity index is 1080. The van der Waals surface area contributed by atoms with E-state index in [2.05, 4.69) is 97.9 Å². The molecule has 4 aromatic carbocycles. The largest absolute Gasteiger partial charge is 0.180 e. The zero-order valence-corrected chi connectivity index (χ0v) is 16.9. The van der Waals surface area contributed by atoms with Gasteiger partial charge in [-0.1, -0.05) is 96.5 Å². The fraction of sp³-hybridized carbons (Fsp3) is 0.0400. The molecule has 130 valence electrons. The molecule has 1 aliphatic rings. The highest BCUT2D eigenvalue weighted by molar-refractivity contribution is 7.22. The summed E-state index contributed by atoms with van der Waals surface area (Å²) >= 11 is 6.55. The van der Waals surface area contributed by atoms with E-state index in [4.69, 9.17) is 11.6 Å². The van der Waals surface area contributed by atoms with Crippen molar-refractivity contribution in [3.05, 3.63) is 108 Å². The van der Waals surface area contributed by atoms with E-state index < -0.39 is 8.07 Å². The third kappa shape index (κ3) is 2.36. The zero-order valence-electron chi connectivity index (χ0n) is 15.1. The number of rotatable bonds is 2. The maximum atomic E-state index is 6.55. The molecular weight excluding hydrogens is 364 g/mol. The van der Waals surface area contributed by atoms with Crippen LogP contribution in [0.5, 0.6) is 0 Å². The molecule has 0 N–H and O–H groups in total. The molecule has 1 heterocycles. The SMILES string of the molecule is Cc1cc(Cl)cc([Si]2(c3ccccc3)c3ccccc3-c3ccccc32)c1. The maximum Gasteiger partial charge on any atom is 0.180 e. The fourth-order valence-corrected chi connectivity index (χ4v) is 10.4. The molecule has 0 aliphatic carbocycles. The Morgan fingerprint density at radius 2 is 1.15 bits per heavy atom. The number of fused-ring (bicyclic) bond motifs is 3. The van der Waals surface area contributed by atoms with Crippen molar-refractivity contribution in [2.45, 2.75) is 6.92 Å². The molecule has 4 aromatic rings. The lowest BCUT2D eigenvalue weighted by Crippen LogP contribution is -2.72. The van der Waals surface area contributed by atoms with E-state index in [9.17, 15) is 0 Å². The highest BCUT2D eigenvalue weighted by Gasteiger charge is 2.48. The molecule has 1 aliphatic heterocycles. The van der Waals surface area contributed by atoms with Gasteiger partial charge in [0.1, 0.15) is 0 Å². The first-order valence-electron chi connectivity index (χ1n) is 9.24. The van der Waals surface area contributed by atoms with Gasteiger partial charge in [-0.3, -0.25) is 0 Å². The van der Waals surface area contributed by atoms with Crippen LogP contribution in [-0.2, 0) is 0 Å². The van der Waals surface area contributed by atoms with Gasteiger partial charge in [0.05, 0.1) is 0 Å². The molecule has 0 saturated heterocycles. The second-order valence-electron chi connectivity index (χ2n) is 7.22. The van der Waals surface area contributed by atoms with Crippen molar-refractivity contribution >= 4 is 40.4 Å².